The molecule has 0 saturated carbocycles. The molecule has 1 unspecified atom stereocenters. The van der Waals surface area contributed by atoms with Crippen molar-refractivity contribution in [3.8, 4) is 0 Å². The molecule has 2 rings (SSSR count). The summed E-state index contributed by atoms with van der Waals surface area (Å²) in [4.78, 5) is 22.1. The predicted octanol–water partition coefficient (Wildman–Crippen LogP) is -0.000600. The van der Waals surface area contributed by atoms with Crippen molar-refractivity contribution in [2.75, 3.05) is 13.1 Å². The third-order valence-corrected chi connectivity index (χ3v) is 3.35. The van der Waals surface area contributed by atoms with Gasteiger partial charge in [-0.1, -0.05) is 0 Å². The van der Waals surface area contributed by atoms with E-state index in [9.17, 15) is 9.59 Å². The first-order valence-electron chi connectivity index (χ1n) is 5.60. The van der Waals surface area contributed by atoms with Crippen molar-refractivity contribution in [1.82, 2.24) is 10.0 Å². The number of aliphatic carboxylic acids is 2. The van der Waals surface area contributed by atoms with E-state index >= 15 is 0 Å². The van der Waals surface area contributed by atoms with Gasteiger partial charge in [-0.2, -0.15) is 0 Å². The van der Waals surface area contributed by atoms with Gasteiger partial charge in [0.2, 0.25) is 0 Å². The molecule has 6 nitrogen and oxygen atoms in total. The van der Waals surface area contributed by atoms with E-state index in [1.807, 2.05) is 0 Å². The van der Waals surface area contributed by atoms with Crippen LogP contribution in [0.4, 0.5) is 0 Å². The van der Waals surface area contributed by atoms with Gasteiger partial charge in [-0.05, 0) is 25.7 Å². The highest BCUT2D eigenvalue weighted by Crippen LogP contribution is 2.27. The van der Waals surface area contributed by atoms with E-state index in [-0.39, 0.29) is 0 Å². The van der Waals surface area contributed by atoms with Crippen LogP contribution in [0.5, 0.6) is 0 Å². The Morgan fingerprint density at radius 1 is 0.875 bits per heavy atom. The van der Waals surface area contributed by atoms with Gasteiger partial charge in [0, 0.05) is 13.1 Å². The standard InChI is InChI=1S/C10H16N2O4/c13-9(14)7-3-1-5-11(7)12-6-2-4-8(12)10(15)16/h7-8H,1-6H2,(H,13,14)(H,15,16)/t7-,8?/m0/s1. The van der Waals surface area contributed by atoms with Crippen LogP contribution in [0.2, 0.25) is 0 Å². The molecule has 90 valence electrons. The molecular formula is C10H16N2O4. The van der Waals surface area contributed by atoms with Crippen molar-refractivity contribution < 1.29 is 19.8 Å². The maximum Gasteiger partial charge on any atom is 0.322 e. The summed E-state index contributed by atoms with van der Waals surface area (Å²) < 4.78 is 0. The minimum Gasteiger partial charge on any atom is -0.480 e. The second-order valence-corrected chi connectivity index (χ2v) is 4.32. The molecule has 0 aliphatic carbocycles. The zero-order valence-corrected chi connectivity index (χ0v) is 9.00. The van der Waals surface area contributed by atoms with E-state index < -0.39 is 24.0 Å². The molecule has 2 N–H and O–H groups in total. The number of carboxylic acid groups (broad SMARTS) is 2. The smallest absolute Gasteiger partial charge is 0.322 e. The van der Waals surface area contributed by atoms with Crippen LogP contribution in [0.25, 0.3) is 0 Å². The molecule has 16 heavy (non-hydrogen) atoms. The lowest BCUT2D eigenvalue weighted by molar-refractivity contribution is -0.160. The molecule has 0 spiro atoms. The Labute approximate surface area is 93.4 Å². The first-order chi connectivity index (χ1) is 7.61. The molecular weight excluding hydrogens is 212 g/mol. The molecule has 0 radical (unpaired) electrons. The number of hydrazine groups is 1. The summed E-state index contributed by atoms with van der Waals surface area (Å²) in [5.41, 5.74) is 0. The fourth-order valence-corrected chi connectivity index (χ4v) is 2.62. The first-order valence-corrected chi connectivity index (χ1v) is 5.60. The Morgan fingerprint density at radius 2 is 1.25 bits per heavy atom. The predicted molar refractivity (Wildman–Crippen MR) is 54.7 cm³/mol. The number of hydrogen-bond donors (Lipinski definition) is 2. The van der Waals surface area contributed by atoms with E-state index in [0.717, 1.165) is 12.8 Å². The normalized spacial score (nSPS) is 32.0. The Hall–Kier alpha value is -1.14. The molecule has 0 amide bonds. The first kappa shape index (κ1) is 11.3. The van der Waals surface area contributed by atoms with Gasteiger partial charge in [0.25, 0.3) is 0 Å². The average molecular weight is 228 g/mol. The van der Waals surface area contributed by atoms with Crippen LogP contribution in [0.1, 0.15) is 25.7 Å². The molecule has 6 heteroatoms. The Bertz CT molecular complexity index is 277. The van der Waals surface area contributed by atoms with Crippen molar-refractivity contribution in [3.05, 3.63) is 0 Å². The Kier molecular flexibility index (Phi) is 3.11. The van der Waals surface area contributed by atoms with Crippen molar-refractivity contribution in [1.29, 1.82) is 0 Å². The molecule has 0 aromatic heterocycles. The molecule has 2 saturated heterocycles. The van der Waals surface area contributed by atoms with Gasteiger partial charge in [-0.3, -0.25) is 9.59 Å². The average Bonchev–Trinajstić information content (AvgIpc) is 2.85. The molecule has 0 aromatic carbocycles. The number of carboxylic acids is 2. The van der Waals surface area contributed by atoms with Gasteiger partial charge in [0.05, 0.1) is 0 Å². The third-order valence-electron chi connectivity index (χ3n) is 3.35. The lowest BCUT2D eigenvalue weighted by atomic mass is 10.2. The van der Waals surface area contributed by atoms with Gasteiger partial charge in [0.1, 0.15) is 12.1 Å². The maximum atomic E-state index is 11.0. The second kappa shape index (κ2) is 4.39. The minimum absolute atomic E-state index is 0.542. The van der Waals surface area contributed by atoms with Crippen molar-refractivity contribution in [2.24, 2.45) is 0 Å². The molecule has 0 aromatic rings. The molecule has 0 bridgehead atoms. The lowest BCUT2D eigenvalue weighted by Gasteiger charge is -2.33. The lowest BCUT2D eigenvalue weighted by Crippen LogP contribution is -2.52. The Balaban J connectivity index is 2.11. The second-order valence-electron chi connectivity index (χ2n) is 4.32. The summed E-state index contributed by atoms with van der Waals surface area (Å²) in [5, 5.41) is 21.6. The summed E-state index contributed by atoms with van der Waals surface area (Å²) in [7, 11) is 0. The van der Waals surface area contributed by atoms with E-state index in [0.29, 0.717) is 25.9 Å². The monoisotopic (exact) mass is 228 g/mol. The Morgan fingerprint density at radius 3 is 1.56 bits per heavy atom. The van der Waals surface area contributed by atoms with Crippen LogP contribution in [0, 0.1) is 0 Å². The van der Waals surface area contributed by atoms with E-state index in [4.69, 9.17) is 10.2 Å². The van der Waals surface area contributed by atoms with E-state index in [1.165, 1.54) is 0 Å². The molecule has 2 fully saturated rings. The van der Waals surface area contributed by atoms with Crippen LogP contribution < -0.4 is 0 Å². The summed E-state index contributed by atoms with van der Waals surface area (Å²) in [6.45, 7) is 1.31. The van der Waals surface area contributed by atoms with Crippen LogP contribution in [-0.2, 0) is 9.59 Å². The highest BCUT2D eigenvalue weighted by Gasteiger charge is 2.41. The minimum atomic E-state index is -0.853. The summed E-state index contributed by atoms with van der Waals surface area (Å²) in [5.74, 6) is -1.71. The van der Waals surface area contributed by atoms with Gasteiger partial charge in [-0.15, -0.1) is 0 Å². The van der Waals surface area contributed by atoms with Crippen molar-refractivity contribution >= 4 is 11.9 Å². The van der Waals surface area contributed by atoms with Gasteiger partial charge in [-0.25, -0.2) is 10.0 Å². The van der Waals surface area contributed by atoms with Crippen molar-refractivity contribution in [2.45, 2.75) is 37.8 Å². The quantitative estimate of drug-likeness (QED) is 0.707. The van der Waals surface area contributed by atoms with Crippen LogP contribution in [-0.4, -0.2) is 57.3 Å². The summed E-state index contributed by atoms with van der Waals surface area (Å²) in [6.07, 6.45) is 2.86. The highest BCUT2D eigenvalue weighted by molar-refractivity contribution is 5.75. The maximum absolute atomic E-state index is 11.0. The van der Waals surface area contributed by atoms with Crippen LogP contribution in [0.15, 0.2) is 0 Å². The largest absolute Gasteiger partial charge is 0.480 e. The fourth-order valence-electron chi connectivity index (χ4n) is 2.62. The number of hydrogen-bond acceptors (Lipinski definition) is 4. The molecule has 2 atom stereocenters. The molecule has 2 heterocycles. The topological polar surface area (TPSA) is 81.1 Å². The third kappa shape index (κ3) is 1.90. The number of rotatable bonds is 3. The van der Waals surface area contributed by atoms with Crippen LogP contribution in [0.3, 0.4) is 0 Å². The van der Waals surface area contributed by atoms with Crippen LogP contribution >= 0.6 is 0 Å². The zero-order chi connectivity index (χ0) is 11.7. The summed E-state index contributed by atoms with van der Waals surface area (Å²) in [6, 6.07) is -1.08. The molecule has 2 aliphatic rings. The van der Waals surface area contributed by atoms with Gasteiger partial charge >= 0.3 is 11.9 Å². The number of nitrogens with zero attached hydrogens (tertiary/aromatic N) is 2. The van der Waals surface area contributed by atoms with Gasteiger partial charge < -0.3 is 10.2 Å². The number of carbonyl (C=O) groups is 2. The highest BCUT2D eigenvalue weighted by atomic mass is 16.4. The van der Waals surface area contributed by atoms with E-state index in [2.05, 4.69) is 0 Å². The summed E-state index contributed by atoms with van der Waals surface area (Å²) >= 11 is 0. The zero-order valence-electron chi connectivity index (χ0n) is 9.00. The molecule has 2 aliphatic heterocycles. The SMILES string of the molecule is O=C(O)C1CCCN1N1CCC[C@H]1C(=O)O. The fraction of sp³-hybridized carbons (Fsp3) is 0.800. The van der Waals surface area contributed by atoms with E-state index in [1.54, 1.807) is 10.0 Å². The van der Waals surface area contributed by atoms with Gasteiger partial charge in [0.15, 0.2) is 0 Å². The van der Waals surface area contributed by atoms with Crippen molar-refractivity contribution in [3.63, 3.8) is 0 Å².